The van der Waals surface area contributed by atoms with E-state index in [1.165, 1.54) is 16.7 Å². The summed E-state index contributed by atoms with van der Waals surface area (Å²) in [7, 11) is 3.25. The van der Waals surface area contributed by atoms with E-state index >= 15 is 0 Å². The number of aromatic amines is 3. The Morgan fingerprint density at radius 3 is 1.60 bits per heavy atom. The summed E-state index contributed by atoms with van der Waals surface area (Å²) in [6.45, 7) is 21.4. The Morgan fingerprint density at radius 1 is 0.688 bits per heavy atom. The smallest absolute Gasteiger partial charge is 0.164 e. The number of rotatable bonds is 2. The lowest BCUT2D eigenvalue weighted by Crippen LogP contribution is -2.15. The van der Waals surface area contributed by atoms with Crippen LogP contribution in [0.25, 0.3) is 28.1 Å². The molecule has 7 heterocycles. The Labute approximate surface area is 286 Å². The molecular weight excluding hydrogens is 591 g/mol. The van der Waals surface area contributed by atoms with Gasteiger partial charge in [0.05, 0.1) is 13.6 Å². The molecule has 3 N–H and O–H groups in total. The highest BCUT2D eigenvalue weighted by Gasteiger charge is 2.32. The van der Waals surface area contributed by atoms with Crippen molar-refractivity contribution in [1.82, 2.24) is 24.9 Å². The summed E-state index contributed by atoms with van der Waals surface area (Å²) >= 11 is 0. The number of carbonyl (C=O) groups is 1. The molecule has 4 aromatic rings. The summed E-state index contributed by atoms with van der Waals surface area (Å²) in [5.41, 5.74) is 15.3. The number of aldehydes is 1. The minimum absolute atomic E-state index is 0.0147. The van der Waals surface area contributed by atoms with Crippen LogP contribution in [0.2, 0.25) is 6.82 Å². The second-order valence-corrected chi connectivity index (χ2v) is 15.2. The van der Waals surface area contributed by atoms with Crippen LogP contribution < -0.4 is 0 Å². The van der Waals surface area contributed by atoms with Crippen molar-refractivity contribution < 1.29 is 4.79 Å². The van der Waals surface area contributed by atoms with Crippen molar-refractivity contribution in [2.45, 2.75) is 99.2 Å². The maximum absolute atomic E-state index is 10.7. The predicted molar refractivity (Wildman–Crippen MR) is 202 cm³/mol. The maximum Gasteiger partial charge on any atom is 0.164 e. The van der Waals surface area contributed by atoms with Crippen LogP contribution in [0.1, 0.15) is 93.1 Å². The molecule has 48 heavy (non-hydrogen) atoms. The molecule has 3 aliphatic rings. The molecule has 8 heteroatoms. The number of hydrogen-bond donors (Lipinski definition) is 3. The normalized spacial score (nSPS) is 18.0. The first-order valence-electron chi connectivity index (χ1n) is 16.9. The van der Waals surface area contributed by atoms with Gasteiger partial charge in [0.2, 0.25) is 0 Å². The third-order valence-corrected chi connectivity index (χ3v) is 9.51. The van der Waals surface area contributed by atoms with Crippen molar-refractivity contribution in [3.8, 4) is 0 Å². The predicted octanol–water partition coefficient (Wildman–Crippen LogP) is 8.64. The summed E-state index contributed by atoms with van der Waals surface area (Å²) < 4.78 is 0. The van der Waals surface area contributed by atoms with Gasteiger partial charge in [0.15, 0.2) is 6.29 Å². The lowest BCUT2D eigenvalue weighted by Gasteiger charge is -2.17. The van der Waals surface area contributed by atoms with Gasteiger partial charge in [0.25, 0.3) is 0 Å². The SMILES string of the molecule is Cc1cc2cc3nc(cc4[nH]c(cc5nc(cc1[nH]2)C(C)(C)C5)cc4C)C(C)(C)C3.Cc1cc[nH]c1/C=C1\N=C(C=O)CC1(C)C.[BH]C. The quantitative estimate of drug-likeness (QED) is 0.151. The molecule has 1 radical (unpaired) electrons. The first-order chi connectivity index (χ1) is 22.6. The molecular formula is C40H50BN6O. The van der Waals surface area contributed by atoms with Gasteiger partial charge in [-0.25, -0.2) is 0 Å². The van der Waals surface area contributed by atoms with Gasteiger partial charge in [-0.15, -0.1) is 0 Å². The molecule has 0 unspecified atom stereocenters. The van der Waals surface area contributed by atoms with E-state index in [1.807, 2.05) is 18.3 Å². The summed E-state index contributed by atoms with van der Waals surface area (Å²) in [6.07, 6.45) is 7.39. The zero-order chi connectivity index (χ0) is 35.0. The van der Waals surface area contributed by atoms with Crippen LogP contribution in [0, 0.1) is 26.2 Å². The van der Waals surface area contributed by atoms with Crippen molar-refractivity contribution in [2.24, 2.45) is 10.4 Å². The second kappa shape index (κ2) is 13.2. The molecule has 3 aliphatic heterocycles. The minimum Gasteiger partial charge on any atom is -0.361 e. The number of carbonyl (C=O) groups excluding carboxylic acids is 1. The van der Waals surface area contributed by atoms with Gasteiger partial charge in [-0.2, -0.15) is 0 Å². The van der Waals surface area contributed by atoms with E-state index in [9.17, 15) is 4.79 Å². The van der Waals surface area contributed by atoms with E-state index in [0.29, 0.717) is 5.71 Å². The van der Waals surface area contributed by atoms with Crippen LogP contribution in [0.15, 0.2) is 59.4 Å². The number of allylic oxidation sites excluding steroid dienone is 1. The fourth-order valence-corrected chi connectivity index (χ4v) is 6.63. The highest BCUT2D eigenvalue weighted by atomic mass is 16.1. The largest absolute Gasteiger partial charge is 0.361 e. The molecule has 0 fully saturated rings. The van der Waals surface area contributed by atoms with Gasteiger partial charge in [0.1, 0.15) is 0 Å². The number of nitrogens with zero attached hydrogens (tertiary/aromatic N) is 3. The van der Waals surface area contributed by atoms with E-state index in [0.717, 1.165) is 81.8 Å². The first kappa shape index (κ1) is 34.9. The van der Waals surface area contributed by atoms with Crippen molar-refractivity contribution in [3.63, 3.8) is 0 Å². The third-order valence-electron chi connectivity index (χ3n) is 9.51. The number of hydrogen-bond acceptors (Lipinski definition) is 4. The molecule has 0 spiro atoms. The fourth-order valence-electron chi connectivity index (χ4n) is 6.63. The van der Waals surface area contributed by atoms with E-state index in [2.05, 4.69) is 127 Å². The van der Waals surface area contributed by atoms with Gasteiger partial charge in [-0.05, 0) is 86.0 Å². The molecule has 0 saturated carbocycles. The van der Waals surface area contributed by atoms with Crippen LogP contribution in [-0.4, -0.2) is 44.8 Å². The zero-order valence-corrected chi connectivity index (χ0v) is 30.4. The lowest BCUT2D eigenvalue weighted by molar-refractivity contribution is -0.102. The molecule has 0 aliphatic carbocycles. The van der Waals surface area contributed by atoms with E-state index < -0.39 is 0 Å². The molecule has 0 aromatic carbocycles. The maximum atomic E-state index is 10.7. The molecule has 8 bridgehead atoms. The molecule has 0 amide bonds. The van der Waals surface area contributed by atoms with Crippen molar-refractivity contribution in [1.29, 1.82) is 0 Å². The molecule has 0 atom stereocenters. The average molecular weight is 642 g/mol. The Hall–Kier alpha value is -4.46. The highest BCUT2D eigenvalue weighted by Crippen LogP contribution is 2.38. The third kappa shape index (κ3) is 7.33. The van der Waals surface area contributed by atoms with E-state index in [4.69, 9.17) is 9.97 Å². The summed E-state index contributed by atoms with van der Waals surface area (Å²) in [5, 5.41) is 0. The van der Waals surface area contributed by atoms with Crippen molar-refractivity contribution in [3.05, 3.63) is 99.5 Å². The van der Waals surface area contributed by atoms with Crippen molar-refractivity contribution >= 4 is 48.0 Å². The van der Waals surface area contributed by atoms with Crippen LogP contribution in [-0.2, 0) is 28.5 Å². The van der Waals surface area contributed by atoms with Crippen LogP contribution >= 0.6 is 0 Å². The first-order valence-corrected chi connectivity index (χ1v) is 16.9. The van der Waals surface area contributed by atoms with Gasteiger partial charge < -0.3 is 15.0 Å². The molecule has 4 aromatic heterocycles. The number of aryl methyl sites for hydroxylation is 3. The van der Waals surface area contributed by atoms with E-state index in [1.54, 1.807) is 6.82 Å². The Kier molecular flexibility index (Phi) is 9.60. The summed E-state index contributed by atoms with van der Waals surface area (Å²) in [6, 6.07) is 15.3. The van der Waals surface area contributed by atoms with Gasteiger partial charge >= 0.3 is 0 Å². The number of H-pyrrole nitrogens is 3. The monoisotopic (exact) mass is 641 g/mol. The summed E-state index contributed by atoms with van der Waals surface area (Å²) in [5.74, 6) is 0. The van der Waals surface area contributed by atoms with Crippen LogP contribution in [0.5, 0.6) is 0 Å². The van der Waals surface area contributed by atoms with E-state index in [-0.39, 0.29) is 16.2 Å². The number of nitrogens with one attached hydrogen (secondary N) is 3. The van der Waals surface area contributed by atoms with Gasteiger partial charge in [-0.1, -0.05) is 48.4 Å². The van der Waals surface area contributed by atoms with Gasteiger partial charge in [-0.3, -0.25) is 19.8 Å². The fraction of sp³-hybridized carbons (Fsp3) is 0.400. The highest BCUT2D eigenvalue weighted by molar-refractivity contribution is 6.29. The standard InChI is InChI=1S/C26H30N4.C13H16N2O.CH4B/c1-15-7-17-9-19-13-26(5,6)24(30-19)12-22-16(2)8-18(28-22)10-20-14-25(3,4)23(29-20)11-21(15)27-17;1-9-4-5-14-11(9)6-12-13(2,3)7-10(8-16)15-12;1-2/h7-12,27-28H,13-14H2,1-6H3;4-6,8,14H,7H2,1-3H3;2H,1H3/b;12-6-;. The topological polar surface area (TPSA) is 103 Å². The van der Waals surface area contributed by atoms with Gasteiger partial charge in [0, 0.05) is 97.9 Å². The minimum atomic E-state index is -0.0478. The summed E-state index contributed by atoms with van der Waals surface area (Å²) in [4.78, 5) is 35.5. The molecule has 7 rings (SSSR count). The van der Waals surface area contributed by atoms with Crippen LogP contribution in [0.3, 0.4) is 0 Å². The Morgan fingerprint density at radius 2 is 1.19 bits per heavy atom. The Balaban J connectivity index is 0.000000212. The number of aromatic nitrogens is 5. The second-order valence-electron chi connectivity index (χ2n) is 15.2. The lowest BCUT2D eigenvalue weighted by atomic mass is 9.86. The Bertz CT molecular complexity index is 1960. The van der Waals surface area contributed by atoms with Crippen molar-refractivity contribution in [2.75, 3.05) is 0 Å². The molecule has 0 saturated heterocycles. The molecule has 7 nitrogen and oxygen atoms in total. The number of aliphatic imine (C=N–C) groups is 1. The zero-order valence-electron chi connectivity index (χ0n) is 30.4. The molecule has 249 valence electrons. The van der Waals surface area contributed by atoms with Crippen LogP contribution in [0.4, 0.5) is 0 Å². The number of fused-ring (bicyclic) bond motifs is 8. The average Bonchev–Trinajstić information content (AvgIpc) is 3.83.